The quantitative estimate of drug-likeness (QED) is 0.436. The minimum atomic E-state index is 0.450. The highest BCUT2D eigenvalue weighted by atomic mass is 32.2. The van der Waals surface area contributed by atoms with Gasteiger partial charge in [0.1, 0.15) is 8.64 Å². The van der Waals surface area contributed by atoms with Crippen molar-refractivity contribution in [2.45, 2.75) is 79.6 Å². The molecule has 0 aromatic rings. The van der Waals surface area contributed by atoms with Gasteiger partial charge in [0, 0.05) is 35.7 Å². The molecule has 0 atom stereocenters. The lowest BCUT2D eigenvalue weighted by atomic mass is 10.2. The van der Waals surface area contributed by atoms with Crippen LogP contribution in [0.25, 0.3) is 0 Å². The minimum absolute atomic E-state index is 0.450. The number of thiocarbonyl (C=S) groups is 2. The van der Waals surface area contributed by atoms with Gasteiger partial charge in [-0.05, 0) is 55.4 Å². The Hall–Kier alpha value is 0.480. The summed E-state index contributed by atoms with van der Waals surface area (Å²) in [5.41, 5.74) is 0. The van der Waals surface area contributed by atoms with Gasteiger partial charge in [0.15, 0.2) is 0 Å². The van der Waals surface area contributed by atoms with Gasteiger partial charge in [-0.2, -0.15) is 0 Å². The molecule has 0 bridgehead atoms. The molecule has 0 heterocycles. The molecule has 0 aliphatic rings. The van der Waals surface area contributed by atoms with E-state index >= 15 is 0 Å². The Kier molecular flexibility index (Phi) is 11.3. The molecule has 0 unspecified atom stereocenters. The first-order valence-electron chi connectivity index (χ1n) is 7.99. The van der Waals surface area contributed by atoms with E-state index < -0.39 is 0 Å². The zero-order valence-corrected chi connectivity index (χ0v) is 18.5. The van der Waals surface area contributed by atoms with Crippen LogP contribution >= 0.6 is 48.0 Å². The Labute approximate surface area is 157 Å². The summed E-state index contributed by atoms with van der Waals surface area (Å²) in [5, 5.41) is 0. The lowest BCUT2D eigenvalue weighted by molar-refractivity contribution is 0.302. The van der Waals surface area contributed by atoms with Gasteiger partial charge >= 0.3 is 0 Å². The normalized spacial score (nSPS) is 11.6. The second-order valence-corrected chi connectivity index (χ2v) is 9.88. The average Bonchev–Trinajstić information content (AvgIpc) is 2.32. The maximum atomic E-state index is 5.58. The summed E-state index contributed by atoms with van der Waals surface area (Å²) in [6.45, 7) is 17.6. The summed E-state index contributed by atoms with van der Waals surface area (Å²) >= 11 is 14.7. The highest BCUT2D eigenvalue weighted by Gasteiger charge is 2.19. The Morgan fingerprint density at radius 2 is 0.864 bits per heavy atom. The van der Waals surface area contributed by atoms with E-state index in [0.29, 0.717) is 24.2 Å². The average molecular weight is 381 g/mol. The van der Waals surface area contributed by atoms with Gasteiger partial charge in [0.25, 0.3) is 0 Å². The van der Waals surface area contributed by atoms with Crippen molar-refractivity contribution in [2.75, 3.05) is 11.5 Å². The van der Waals surface area contributed by atoms with Crippen LogP contribution in [0.3, 0.4) is 0 Å². The van der Waals surface area contributed by atoms with E-state index in [0.717, 1.165) is 20.1 Å². The summed E-state index contributed by atoms with van der Waals surface area (Å²) in [5.74, 6) is 2.01. The molecule has 0 saturated heterocycles. The van der Waals surface area contributed by atoms with Crippen LogP contribution in [-0.4, -0.2) is 54.1 Å². The molecule has 2 nitrogen and oxygen atoms in total. The van der Waals surface area contributed by atoms with E-state index in [1.54, 1.807) is 23.5 Å². The zero-order chi connectivity index (χ0) is 17.4. The number of nitrogens with zero attached hydrogens (tertiary/aromatic N) is 2. The molecular weight excluding hydrogens is 348 g/mol. The Morgan fingerprint density at radius 1 is 0.636 bits per heavy atom. The van der Waals surface area contributed by atoms with Crippen LogP contribution in [0.15, 0.2) is 0 Å². The fraction of sp³-hybridized carbons (Fsp3) is 0.875. The van der Waals surface area contributed by atoms with Gasteiger partial charge in [-0.15, -0.1) is 0 Å². The molecule has 0 rings (SSSR count). The van der Waals surface area contributed by atoms with Gasteiger partial charge in [-0.1, -0.05) is 48.0 Å². The maximum absolute atomic E-state index is 5.58. The van der Waals surface area contributed by atoms with E-state index in [1.807, 2.05) is 0 Å². The first-order chi connectivity index (χ1) is 10.1. The third-order valence-electron chi connectivity index (χ3n) is 3.18. The van der Waals surface area contributed by atoms with Gasteiger partial charge in [0.05, 0.1) is 0 Å². The van der Waals surface area contributed by atoms with Crippen LogP contribution in [0.5, 0.6) is 0 Å². The van der Waals surface area contributed by atoms with Crippen LogP contribution in [-0.2, 0) is 0 Å². The maximum Gasteiger partial charge on any atom is 0.136 e. The molecule has 130 valence electrons. The number of hydrogen-bond acceptors (Lipinski definition) is 4. The van der Waals surface area contributed by atoms with E-state index in [2.05, 4.69) is 65.2 Å². The third-order valence-corrected chi connectivity index (χ3v) is 6.30. The fourth-order valence-electron chi connectivity index (χ4n) is 2.44. The fourth-order valence-corrected chi connectivity index (χ4v) is 5.94. The summed E-state index contributed by atoms with van der Waals surface area (Å²) in [6, 6.07) is 1.80. The predicted octanol–water partition coefficient (Wildman–Crippen LogP) is 5.26. The van der Waals surface area contributed by atoms with Crippen molar-refractivity contribution in [1.29, 1.82) is 0 Å². The lowest BCUT2D eigenvalue weighted by Crippen LogP contribution is -2.40. The van der Waals surface area contributed by atoms with Gasteiger partial charge in [-0.25, -0.2) is 0 Å². The molecular formula is C16H32N2S4. The zero-order valence-electron chi connectivity index (χ0n) is 15.3. The SMILES string of the molecule is CC(C)N(C(=S)SCCSC(=S)N(C(C)C)C(C)C)C(C)C. The predicted molar refractivity (Wildman–Crippen MR) is 114 cm³/mol. The van der Waals surface area contributed by atoms with Crippen molar-refractivity contribution in [1.82, 2.24) is 9.80 Å². The van der Waals surface area contributed by atoms with Crippen LogP contribution in [0.1, 0.15) is 55.4 Å². The van der Waals surface area contributed by atoms with Crippen molar-refractivity contribution in [2.24, 2.45) is 0 Å². The van der Waals surface area contributed by atoms with Crippen molar-refractivity contribution >= 4 is 56.6 Å². The molecule has 0 aromatic heterocycles. The Bertz CT molecular complexity index is 304. The van der Waals surface area contributed by atoms with Crippen LogP contribution < -0.4 is 0 Å². The number of thioether (sulfide) groups is 2. The summed E-state index contributed by atoms with van der Waals surface area (Å²) in [7, 11) is 0. The second-order valence-electron chi connectivity index (χ2n) is 6.42. The largest absolute Gasteiger partial charge is 0.353 e. The van der Waals surface area contributed by atoms with Gasteiger partial charge in [-0.3, -0.25) is 0 Å². The van der Waals surface area contributed by atoms with Crippen LogP contribution in [0.2, 0.25) is 0 Å². The lowest BCUT2D eigenvalue weighted by Gasteiger charge is -2.33. The summed E-state index contributed by atoms with van der Waals surface area (Å²) in [4.78, 5) is 4.61. The Morgan fingerprint density at radius 3 is 1.05 bits per heavy atom. The van der Waals surface area contributed by atoms with Crippen LogP contribution in [0.4, 0.5) is 0 Å². The van der Waals surface area contributed by atoms with E-state index in [9.17, 15) is 0 Å². The van der Waals surface area contributed by atoms with Crippen molar-refractivity contribution in [3.05, 3.63) is 0 Å². The first-order valence-corrected chi connectivity index (χ1v) is 10.8. The standard InChI is InChI=1S/C16H32N2S4/c1-11(2)17(12(3)4)15(19)21-9-10-22-16(20)18(13(5)6)14(7)8/h11-14H,9-10H2,1-8H3. The topological polar surface area (TPSA) is 6.48 Å². The van der Waals surface area contributed by atoms with Crippen molar-refractivity contribution in [3.8, 4) is 0 Å². The van der Waals surface area contributed by atoms with E-state index in [-0.39, 0.29) is 0 Å². The molecule has 22 heavy (non-hydrogen) atoms. The second kappa shape index (κ2) is 11.1. The van der Waals surface area contributed by atoms with E-state index in [1.165, 1.54) is 0 Å². The minimum Gasteiger partial charge on any atom is -0.353 e. The molecule has 0 spiro atoms. The van der Waals surface area contributed by atoms with E-state index in [4.69, 9.17) is 24.4 Å². The van der Waals surface area contributed by atoms with Gasteiger partial charge in [0.2, 0.25) is 0 Å². The molecule has 0 amide bonds. The van der Waals surface area contributed by atoms with Crippen molar-refractivity contribution in [3.63, 3.8) is 0 Å². The van der Waals surface area contributed by atoms with Crippen LogP contribution in [0, 0.1) is 0 Å². The molecule has 0 aromatic carbocycles. The molecule has 0 N–H and O–H groups in total. The number of rotatable bonds is 7. The monoisotopic (exact) mass is 380 g/mol. The highest BCUT2D eigenvalue weighted by Crippen LogP contribution is 2.20. The molecule has 0 aliphatic carbocycles. The summed E-state index contributed by atoms with van der Waals surface area (Å²) in [6.07, 6.45) is 0. The number of hydrogen-bond donors (Lipinski definition) is 0. The summed E-state index contributed by atoms with van der Waals surface area (Å²) < 4.78 is 2.00. The molecule has 0 aliphatic heterocycles. The molecule has 6 heteroatoms. The van der Waals surface area contributed by atoms with Gasteiger partial charge < -0.3 is 9.80 Å². The third kappa shape index (κ3) is 7.84. The molecule has 0 radical (unpaired) electrons. The molecule has 0 saturated carbocycles. The molecule has 0 fully saturated rings. The first kappa shape index (κ1) is 22.5. The van der Waals surface area contributed by atoms with Crippen molar-refractivity contribution < 1.29 is 0 Å². The smallest absolute Gasteiger partial charge is 0.136 e. The highest BCUT2D eigenvalue weighted by molar-refractivity contribution is 8.25. The Balaban J connectivity index is 4.27.